The fourth-order valence-corrected chi connectivity index (χ4v) is 1.03. The second-order valence-corrected chi connectivity index (χ2v) is 3.31. The summed E-state index contributed by atoms with van der Waals surface area (Å²) in [4.78, 5) is 16.3. The van der Waals surface area contributed by atoms with E-state index in [-0.39, 0.29) is 5.91 Å². The van der Waals surface area contributed by atoms with E-state index in [1.54, 1.807) is 26.2 Å². The molecular weight excluding hydrogens is 197 g/mol. The van der Waals surface area contributed by atoms with Gasteiger partial charge >= 0.3 is 0 Å². The number of hydrogen-bond donors (Lipinski definition) is 1. The molecule has 1 amide bonds. The molecule has 0 aliphatic carbocycles. The molecule has 4 nitrogen and oxygen atoms in total. The Labute approximate surface area is 88.1 Å². The van der Waals surface area contributed by atoms with Crippen LogP contribution < -0.4 is 5.32 Å². The van der Waals surface area contributed by atoms with Crippen LogP contribution in [-0.2, 0) is 4.79 Å². The Bertz CT molecular complexity index is 341. The number of pyridine rings is 1. The maximum Gasteiger partial charge on any atom is 0.223 e. The zero-order chi connectivity index (χ0) is 11.3. The van der Waals surface area contributed by atoms with Gasteiger partial charge in [-0.25, -0.2) is 4.98 Å². The van der Waals surface area contributed by atoms with Crippen LogP contribution in [-0.4, -0.2) is 36.4 Å². The molecule has 0 bridgehead atoms. The van der Waals surface area contributed by atoms with E-state index in [9.17, 15) is 9.18 Å². The molecule has 0 saturated heterocycles. The molecule has 0 saturated carbocycles. The fourth-order valence-electron chi connectivity index (χ4n) is 1.03. The monoisotopic (exact) mass is 211 g/mol. The highest BCUT2D eigenvalue weighted by Gasteiger charge is 2.03. The van der Waals surface area contributed by atoms with Gasteiger partial charge in [-0.3, -0.25) is 4.79 Å². The molecule has 0 aliphatic rings. The van der Waals surface area contributed by atoms with Crippen LogP contribution >= 0.6 is 0 Å². The third-order valence-corrected chi connectivity index (χ3v) is 1.86. The van der Waals surface area contributed by atoms with Crippen LogP contribution in [0.2, 0.25) is 0 Å². The first-order valence-corrected chi connectivity index (χ1v) is 4.66. The van der Waals surface area contributed by atoms with Crippen molar-refractivity contribution in [1.82, 2.24) is 9.88 Å². The summed E-state index contributed by atoms with van der Waals surface area (Å²) in [5.74, 6) is -0.0561. The molecule has 82 valence electrons. The van der Waals surface area contributed by atoms with Crippen molar-refractivity contribution in [3.8, 4) is 0 Å². The van der Waals surface area contributed by atoms with Crippen molar-refractivity contribution in [3.05, 3.63) is 24.1 Å². The maximum absolute atomic E-state index is 12.7. The normalized spacial score (nSPS) is 9.80. The van der Waals surface area contributed by atoms with Crippen molar-refractivity contribution in [1.29, 1.82) is 0 Å². The van der Waals surface area contributed by atoms with E-state index < -0.39 is 5.95 Å². The van der Waals surface area contributed by atoms with Crippen LogP contribution in [0, 0.1) is 5.95 Å². The first-order valence-electron chi connectivity index (χ1n) is 4.66. The van der Waals surface area contributed by atoms with Crippen LogP contribution in [0.3, 0.4) is 0 Å². The summed E-state index contributed by atoms with van der Waals surface area (Å²) in [6.07, 6.45) is 0.366. The van der Waals surface area contributed by atoms with Gasteiger partial charge in [-0.1, -0.05) is 6.07 Å². The van der Waals surface area contributed by atoms with Crippen molar-refractivity contribution in [2.24, 2.45) is 0 Å². The number of nitrogens with one attached hydrogen (secondary N) is 1. The predicted molar refractivity (Wildman–Crippen MR) is 56.0 cm³/mol. The predicted octanol–water partition coefficient (Wildman–Crippen LogP) is 1.11. The highest BCUT2D eigenvalue weighted by molar-refractivity contribution is 5.76. The zero-order valence-corrected chi connectivity index (χ0v) is 8.83. The number of amides is 1. The molecule has 0 unspecified atom stereocenters. The lowest BCUT2D eigenvalue weighted by Gasteiger charge is -2.10. The van der Waals surface area contributed by atoms with E-state index in [2.05, 4.69) is 10.3 Å². The average molecular weight is 211 g/mol. The topological polar surface area (TPSA) is 45.2 Å². The van der Waals surface area contributed by atoms with Gasteiger partial charge in [0.25, 0.3) is 0 Å². The van der Waals surface area contributed by atoms with Gasteiger partial charge in [0, 0.05) is 27.1 Å². The van der Waals surface area contributed by atoms with E-state index in [0.29, 0.717) is 18.8 Å². The summed E-state index contributed by atoms with van der Waals surface area (Å²) in [6.45, 7) is 0.452. The number of hydrogen-bond acceptors (Lipinski definition) is 3. The Morgan fingerprint density at radius 2 is 2.27 bits per heavy atom. The largest absolute Gasteiger partial charge is 0.369 e. The summed E-state index contributed by atoms with van der Waals surface area (Å²) >= 11 is 0. The van der Waals surface area contributed by atoms with E-state index in [0.717, 1.165) is 0 Å². The van der Waals surface area contributed by atoms with Crippen molar-refractivity contribution in [2.45, 2.75) is 6.42 Å². The minimum atomic E-state index is -0.529. The third kappa shape index (κ3) is 3.93. The van der Waals surface area contributed by atoms with Crippen LogP contribution in [0.15, 0.2) is 18.2 Å². The highest BCUT2D eigenvalue weighted by atomic mass is 19.1. The van der Waals surface area contributed by atoms with Gasteiger partial charge in [0.05, 0.1) is 0 Å². The molecule has 1 heterocycles. The minimum absolute atomic E-state index is 0.0268. The summed E-state index contributed by atoms with van der Waals surface area (Å²) in [5, 5.41) is 2.87. The lowest BCUT2D eigenvalue weighted by molar-refractivity contribution is -0.128. The Morgan fingerprint density at radius 3 is 2.87 bits per heavy atom. The van der Waals surface area contributed by atoms with Gasteiger partial charge in [-0.05, 0) is 12.1 Å². The Morgan fingerprint density at radius 1 is 1.53 bits per heavy atom. The zero-order valence-electron chi connectivity index (χ0n) is 8.83. The van der Waals surface area contributed by atoms with Crippen LogP contribution in [0.25, 0.3) is 0 Å². The molecule has 0 aliphatic heterocycles. The molecule has 0 atom stereocenters. The number of nitrogens with zero attached hydrogens (tertiary/aromatic N) is 2. The van der Waals surface area contributed by atoms with E-state index in [4.69, 9.17) is 0 Å². The third-order valence-electron chi connectivity index (χ3n) is 1.86. The maximum atomic E-state index is 12.7. The van der Waals surface area contributed by atoms with Gasteiger partial charge in [0.1, 0.15) is 5.82 Å². The standard InChI is InChI=1S/C10H14FN3O/c1-14(2)10(15)6-7-12-9-5-3-4-8(11)13-9/h3-5H,6-7H2,1-2H3,(H,12,13). The summed E-state index contributed by atoms with van der Waals surface area (Å²) in [5.41, 5.74) is 0. The van der Waals surface area contributed by atoms with Crippen LogP contribution in [0.5, 0.6) is 0 Å². The lowest BCUT2D eigenvalue weighted by atomic mass is 10.3. The molecule has 1 aromatic heterocycles. The molecule has 0 spiro atoms. The molecule has 5 heteroatoms. The first kappa shape index (κ1) is 11.4. The van der Waals surface area contributed by atoms with E-state index >= 15 is 0 Å². The van der Waals surface area contributed by atoms with E-state index in [1.807, 2.05) is 0 Å². The van der Waals surface area contributed by atoms with Gasteiger partial charge < -0.3 is 10.2 Å². The molecule has 15 heavy (non-hydrogen) atoms. The number of carbonyl (C=O) groups excluding carboxylic acids is 1. The highest BCUT2D eigenvalue weighted by Crippen LogP contribution is 2.03. The average Bonchev–Trinajstić information content (AvgIpc) is 2.17. The van der Waals surface area contributed by atoms with E-state index in [1.165, 1.54) is 11.0 Å². The second kappa shape index (κ2) is 5.29. The molecule has 0 radical (unpaired) electrons. The first-order chi connectivity index (χ1) is 7.09. The summed E-state index contributed by atoms with van der Waals surface area (Å²) < 4.78 is 12.7. The molecule has 1 N–H and O–H groups in total. The van der Waals surface area contributed by atoms with Gasteiger partial charge in [-0.15, -0.1) is 0 Å². The minimum Gasteiger partial charge on any atom is -0.369 e. The fraction of sp³-hybridized carbons (Fsp3) is 0.400. The van der Waals surface area contributed by atoms with Crippen molar-refractivity contribution < 1.29 is 9.18 Å². The number of anilines is 1. The quantitative estimate of drug-likeness (QED) is 0.759. The number of aromatic nitrogens is 1. The Balaban J connectivity index is 2.35. The van der Waals surface area contributed by atoms with Gasteiger partial charge in [0.15, 0.2) is 0 Å². The van der Waals surface area contributed by atoms with Crippen molar-refractivity contribution >= 4 is 11.7 Å². The number of carbonyl (C=O) groups is 1. The van der Waals surface area contributed by atoms with Crippen molar-refractivity contribution in [3.63, 3.8) is 0 Å². The second-order valence-electron chi connectivity index (χ2n) is 3.31. The van der Waals surface area contributed by atoms with Crippen LogP contribution in [0.4, 0.5) is 10.2 Å². The Hall–Kier alpha value is -1.65. The number of halogens is 1. The van der Waals surface area contributed by atoms with Crippen LogP contribution in [0.1, 0.15) is 6.42 Å². The lowest BCUT2D eigenvalue weighted by Crippen LogP contribution is -2.24. The summed E-state index contributed by atoms with van der Waals surface area (Å²) in [7, 11) is 3.39. The number of rotatable bonds is 4. The molecule has 0 fully saturated rings. The smallest absolute Gasteiger partial charge is 0.223 e. The van der Waals surface area contributed by atoms with Gasteiger partial charge in [-0.2, -0.15) is 4.39 Å². The molecule has 1 rings (SSSR count). The molecule has 0 aromatic carbocycles. The Kier molecular flexibility index (Phi) is 4.03. The molecule has 1 aromatic rings. The van der Waals surface area contributed by atoms with Gasteiger partial charge in [0.2, 0.25) is 11.9 Å². The molecular formula is C10H14FN3O. The SMILES string of the molecule is CN(C)C(=O)CCNc1cccc(F)n1. The summed E-state index contributed by atoms with van der Waals surface area (Å²) in [6, 6.07) is 4.50. The van der Waals surface area contributed by atoms with Crippen molar-refractivity contribution in [2.75, 3.05) is 26.0 Å².